The molecule has 2 aliphatic rings. The first kappa shape index (κ1) is 22.5. The minimum Gasteiger partial charge on any atom is -0.493 e. The molecule has 0 atom stereocenters. The Balaban J connectivity index is 1.24. The summed E-state index contributed by atoms with van der Waals surface area (Å²) < 4.78 is 17.2. The standard InChI is InChI=1S/C27H32N4O3/c1-32-25-8-6-20(14-26(25)34-24-4-2-3-5-24)16-29-23-15-22(17-28-19-23)21-7-9-27(30-18-21)31-10-12-33-13-11-31/h6-9,14-15,17-19,24,29H,2-5,10-13,16H2,1H3. The lowest BCUT2D eigenvalue weighted by Gasteiger charge is -2.27. The first-order valence-electron chi connectivity index (χ1n) is 12.1. The van der Waals surface area contributed by atoms with Crippen LogP contribution in [0.25, 0.3) is 11.1 Å². The average molecular weight is 461 g/mol. The topological polar surface area (TPSA) is 68.7 Å². The van der Waals surface area contributed by atoms with Crippen molar-refractivity contribution in [3.05, 3.63) is 60.6 Å². The first-order valence-corrected chi connectivity index (χ1v) is 12.1. The number of morpholine rings is 1. The maximum atomic E-state index is 6.24. The zero-order valence-electron chi connectivity index (χ0n) is 19.7. The second-order valence-electron chi connectivity index (χ2n) is 8.83. The van der Waals surface area contributed by atoms with Crippen LogP contribution in [0.4, 0.5) is 11.5 Å². The van der Waals surface area contributed by atoms with Gasteiger partial charge in [0.1, 0.15) is 5.82 Å². The summed E-state index contributed by atoms with van der Waals surface area (Å²) in [7, 11) is 1.69. The molecule has 1 N–H and O–H groups in total. The van der Waals surface area contributed by atoms with Crippen molar-refractivity contribution in [2.24, 2.45) is 0 Å². The van der Waals surface area contributed by atoms with Gasteiger partial charge in [-0.05, 0) is 61.6 Å². The Morgan fingerprint density at radius 1 is 0.971 bits per heavy atom. The molecule has 34 heavy (non-hydrogen) atoms. The summed E-state index contributed by atoms with van der Waals surface area (Å²) in [4.78, 5) is 11.4. The van der Waals surface area contributed by atoms with Gasteiger partial charge in [-0.3, -0.25) is 4.98 Å². The van der Waals surface area contributed by atoms with Gasteiger partial charge < -0.3 is 24.4 Å². The normalized spacial score (nSPS) is 16.4. The molecule has 0 amide bonds. The molecular weight excluding hydrogens is 428 g/mol. The van der Waals surface area contributed by atoms with E-state index in [1.54, 1.807) is 7.11 Å². The molecule has 0 unspecified atom stereocenters. The molecule has 1 aliphatic carbocycles. The number of aromatic nitrogens is 2. The van der Waals surface area contributed by atoms with E-state index in [-0.39, 0.29) is 0 Å². The van der Waals surface area contributed by atoms with Gasteiger partial charge in [-0.1, -0.05) is 6.07 Å². The molecule has 0 radical (unpaired) electrons. The van der Waals surface area contributed by atoms with Gasteiger partial charge in [-0.2, -0.15) is 0 Å². The summed E-state index contributed by atoms with van der Waals surface area (Å²) >= 11 is 0. The number of anilines is 2. The monoisotopic (exact) mass is 460 g/mol. The van der Waals surface area contributed by atoms with Gasteiger partial charge >= 0.3 is 0 Å². The van der Waals surface area contributed by atoms with Crippen molar-refractivity contribution in [1.82, 2.24) is 9.97 Å². The third-order valence-corrected chi connectivity index (χ3v) is 6.48. The van der Waals surface area contributed by atoms with E-state index in [1.807, 2.05) is 24.7 Å². The highest BCUT2D eigenvalue weighted by Gasteiger charge is 2.18. The Hall–Kier alpha value is -3.32. The quantitative estimate of drug-likeness (QED) is 0.512. The van der Waals surface area contributed by atoms with Gasteiger partial charge in [0.15, 0.2) is 11.5 Å². The van der Waals surface area contributed by atoms with Crippen molar-refractivity contribution in [3.8, 4) is 22.6 Å². The molecule has 1 saturated carbocycles. The molecule has 0 spiro atoms. The molecule has 1 aliphatic heterocycles. The Bertz CT molecular complexity index is 1080. The molecule has 3 heterocycles. The van der Waals surface area contributed by atoms with Crippen molar-refractivity contribution in [2.45, 2.75) is 38.3 Å². The van der Waals surface area contributed by atoms with Crippen LogP contribution in [-0.4, -0.2) is 49.5 Å². The molecule has 1 saturated heterocycles. The minimum atomic E-state index is 0.293. The van der Waals surface area contributed by atoms with Crippen molar-refractivity contribution < 1.29 is 14.2 Å². The molecule has 5 rings (SSSR count). The maximum absolute atomic E-state index is 6.24. The van der Waals surface area contributed by atoms with E-state index in [1.165, 1.54) is 12.8 Å². The Kier molecular flexibility index (Phi) is 7.10. The lowest BCUT2D eigenvalue weighted by Crippen LogP contribution is -2.36. The van der Waals surface area contributed by atoms with Crippen molar-refractivity contribution in [3.63, 3.8) is 0 Å². The van der Waals surface area contributed by atoms with E-state index in [2.05, 4.69) is 50.5 Å². The van der Waals surface area contributed by atoms with Crippen molar-refractivity contribution in [2.75, 3.05) is 43.6 Å². The number of nitrogens with one attached hydrogen (secondary N) is 1. The van der Waals surface area contributed by atoms with Gasteiger partial charge in [-0.25, -0.2) is 4.98 Å². The summed E-state index contributed by atoms with van der Waals surface area (Å²) in [5, 5.41) is 3.49. The van der Waals surface area contributed by atoms with Crippen LogP contribution in [0.3, 0.4) is 0 Å². The van der Waals surface area contributed by atoms with Gasteiger partial charge in [0.2, 0.25) is 0 Å². The highest BCUT2D eigenvalue weighted by molar-refractivity contribution is 5.67. The molecule has 2 fully saturated rings. The summed E-state index contributed by atoms with van der Waals surface area (Å²) in [6.45, 7) is 3.94. The number of methoxy groups -OCH3 is 1. The molecule has 7 heteroatoms. The van der Waals surface area contributed by atoms with Gasteiger partial charge in [-0.15, -0.1) is 0 Å². The van der Waals surface area contributed by atoms with E-state index < -0.39 is 0 Å². The van der Waals surface area contributed by atoms with Crippen LogP contribution in [0.1, 0.15) is 31.2 Å². The molecule has 0 bridgehead atoms. The summed E-state index contributed by atoms with van der Waals surface area (Å²) in [6, 6.07) is 12.4. The fourth-order valence-electron chi connectivity index (χ4n) is 4.54. The maximum Gasteiger partial charge on any atom is 0.161 e. The van der Waals surface area contributed by atoms with Crippen LogP contribution < -0.4 is 19.7 Å². The highest BCUT2D eigenvalue weighted by atomic mass is 16.5. The zero-order valence-corrected chi connectivity index (χ0v) is 19.7. The second kappa shape index (κ2) is 10.7. The number of rotatable bonds is 8. The largest absolute Gasteiger partial charge is 0.493 e. The van der Waals surface area contributed by atoms with E-state index in [4.69, 9.17) is 14.2 Å². The SMILES string of the molecule is COc1ccc(CNc2cncc(-c3ccc(N4CCOCC4)nc3)c2)cc1OC1CCCC1. The van der Waals surface area contributed by atoms with E-state index >= 15 is 0 Å². The predicted molar refractivity (Wildman–Crippen MR) is 134 cm³/mol. The zero-order chi connectivity index (χ0) is 23.2. The Labute approximate surface area is 201 Å². The number of pyridine rings is 2. The summed E-state index contributed by atoms with van der Waals surface area (Å²) in [5.41, 5.74) is 4.18. The van der Waals surface area contributed by atoms with Crippen molar-refractivity contribution >= 4 is 11.5 Å². The number of hydrogen-bond donors (Lipinski definition) is 1. The molecule has 7 nitrogen and oxygen atoms in total. The average Bonchev–Trinajstić information content (AvgIpc) is 3.41. The molecule has 3 aromatic rings. The fraction of sp³-hybridized carbons (Fsp3) is 0.407. The van der Waals surface area contributed by atoms with Crippen LogP contribution in [0, 0.1) is 0 Å². The number of hydrogen-bond acceptors (Lipinski definition) is 7. The van der Waals surface area contributed by atoms with E-state index in [0.29, 0.717) is 12.6 Å². The van der Waals surface area contributed by atoms with Gasteiger partial charge in [0, 0.05) is 49.4 Å². The van der Waals surface area contributed by atoms with Crippen molar-refractivity contribution in [1.29, 1.82) is 0 Å². The number of nitrogens with zero attached hydrogens (tertiary/aromatic N) is 3. The van der Waals surface area contributed by atoms with Crippen LogP contribution in [0.15, 0.2) is 55.0 Å². The molecule has 2 aromatic heterocycles. The lowest BCUT2D eigenvalue weighted by atomic mass is 10.1. The summed E-state index contributed by atoms with van der Waals surface area (Å²) in [5.74, 6) is 2.60. The number of ether oxygens (including phenoxy) is 3. The third kappa shape index (κ3) is 5.42. The highest BCUT2D eigenvalue weighted by Crippen LogP contribution is 2.33. The predicted octanol–water partition coefficient (Wildman–Crippen LogP) is 4.92. The Morgan fingerprint density at radius 3 is 2.59 bits per heavy atom. The van der Waals surface area contributed by atoms with E-state index in [9.17, 15) is 0 Å². The number of benzene rings is 1. The van der Waals surface area contributed by atoms with Gasteiger partial charge in [0.25, 0.3) is 0 Å². The first-order chi connectivity index (χ1) is 16.8. The van der Waals surface area contributed by atoms with Gasteiger partial charge in [0.05, 0.1) is 32.1 Å². The smallest absolute Gasteiger partial charge is 0.161 e. The van der Waals surface area contributed by atoms with Crippen LogP contribution in [0.2, 0.25) is 0 Å². The van der Waals surface area contributed by atoms with E-state index in [0.717, 1.165) is 78.8 Å². The molecule has 1 aromatic carbocycles. The molecular formula is C27H32N4O3. The summed E-state index contributed by atoms with van der Waals surface area (Å²) in [6.07, 6.45) is 10.6. The lowest BCUT2D eigenvalue weighted by molar-refractivity contribution is 0.122. The third-order valence-electron chi connectivity index (χ3n) is 6.48. The minimum absolute atomic E-state index is 0.293. The van der Waals surface area contributed by atoms with Crippen LogP contribution in [-0.2, 0) is 11.3 Å². The Morgan fingerprint density at radius 2 is 1.82 bits per heavy atom. The second-order valence-corrected chi connectivity index (χ2v) is 8.83. The fourth-order valence-corrected chi connectivity index (χ4v) is 4.54. The molecule has 178 valence electrons. The van der Waals surface area contributed by atoms with Crippen LogP contribution >= 0.6 is 0 Å². The van der Waals surface area contributed by atoms with Crippen LogP contribution in [0.5, 0.6) is 11.5 Å².